The summed E-state index contributed by atoms with van der Waals surface area (Å²) < 4.78 is 6.78. The molecule has 0 radical (unpaired) electrons. The van der Waals surface area contributed by atoms with Crippen molar-refractivity contribution in [1.29, 1.82) is 0 Å². The minimum atomic E-state index is 0.822. The van der Waals surface area contributed by atoms with Gasteiger partial charge in [-0.2, -0.15) is 11.8 Å². The van der Waals surface area contributed by atoms with Crippen molar-refractivity contribution < 1.29 is 4.74 Å². The van der Waals surface area contributed by atoms with Gasteiger partial charge in [-0.3, -0.25) is 0 Å². The molecule has 16 heavy (non-hydrogen) atoms. The Balaban J connectivity index is 1.62. The average Bonchev–Trinajstić information content (AvgIpc) is 2.80. The summed E-state index contributed by atoms with van der Waals surface area (Å²) in [5.41, 5.74) is 0. The van der Waals surface area contributed by atoms with Crippen LogP contribution in [0, 0.1) is 0 Å². The molecule has 1 aliphatic carbocycles. The third-order valence-corrected chi connectivity index (χ3v) is 4.70. The predicted octanol–water partition coefficient (Wildman–Crippen LogP) is 4.50. The van der Waals surface area contributed by atoms with Gasteiger partial charge in [0.2, 0.25) is 0 Å². The van der Waals surface area contributed by atoms with E-state index in [-0.39, 0.29) is 0 Å². The van der Waals surface area contributed by atoms with Crippen LogP contribution in [0.5, 0.6) is 5.75 Å². The quantitative estimate of drug-likeness (QED) is 0.740. The Bertz CT molecular complexity index is 306. The summed E-state index contributed by atoms with van der Waals surface area (Å²) in [5.74, 6) is 2.08. The summed E-state index contributed by atoms with van der Waals surface area (Å²) in [6.45, 7) is 0.822. The second-order valence-electron chi connectivity index (χ2n) is 4.08. The minimum absolute atomic E-state index is 0.822. The van der Waals surface area contributed by atoms with E-state index in [2.05, 4.69) is 27.7 Å². The van der Waals surface area contributed by atoms with E-state index in [0.717, 1.165) is 27.8 Å². The molecule has 0 amide bonds. The maximum absolute atomic E-state index is 5.68. The van der Waals surface area contributed by atoms with E-state index in [9.17, 15) is 0 Å². The molecule has 0 N–H and O–H groups in total. The van der Waals surface area contributed by atoms with Crippen LogP contribution in [0.15, 0.2) is 28.7 Å². The van der Waals surface area contributed by atoms with Crippen LogP contribution in [-0.4, -0.2) is 17.6 Å². The van der Waals surface area contributed by atoms with Crippen LogP contribution in [0.3, 0.4) is 0 Å². The Morgan fingerprint density at radius 3 is 2.56 bits per heavy atom. The first-order chi connectivity index (χ1) is 7.84. The number of benzene rings is 1. The number of hydrogen-bond donors (Lipinski definition) is 0. The van der Waals surface area contributed by atoms with Crippen LogP contribution in [0.1, 0.15) is 25.7 Å². The number of ether oxygens (including phenoxy) is 1. The summed E-state index contributed by atoms with van der Waals surface area (Å²) >= 11 is 5.48. The Hall–Kier alpha value is -0.150. The van der Waals surface area contributed by atoms with E-state index >= 15 is 0 Å². The summed E-state index contributed by atoms with van der Waals surface area (Å²) in [6, 6.07) is 8.04. The van der Waals surface area contributed by atoms with Crippen molar-refractivity contribution in [1.82, 2.24) is 0 Å². The molecule has 2 rings (SSSR count). The number of halogens is 1. The number of hydrogen-bond acceptors (Lipinski definition) is 2. The Kier molecular flexibility index (Phi) is 5.04. The topological polar surface area (TPSA) is 9.23 Å². The summed E-state index contributed by atoms with van der Waals surface area (Å²) in [4.78, 5) is 0. The van der Waals surface area contributed by atoms with E-state index in [1.54, 1.807) is 0 Å². The Morgan fingerprint density at radius 1 is 1.19 bits per heavy atom. The third kappa shape index (κ3) is 4.02. The molecule has 1 aromatic rings. The first kappa shape index (κ1) is 12.3. The fraction of sp³-hybridized carbons (Fsp3) is 0.538. The summed E-state index contributed by atoms with van der Waals surface area (Å²) in [7, 11) is 0. The number of thioether (sulfide) groups is 1. The van der Waals surface area contributed by atoms with Crippen LogP contribution < -0.4 is 4.74 Å². The van der Waals surface area contributed by atoms with Gasteiger partial charge < -0.3 is 4.74 Å². The molecule has 0 spiro atoms. The lowest BCUT2D eigenvalue weighted by molar-refractivity contribution is 0.343. The lowest BCUT2D eigenvalue weighted by Gasteiger charge is -2.09. The minimum Gasteiger partial charge on any atom is -0.493 e. The van der Waals surface area contributed by atoms with Crippen LogP contribution >= 0.6 is 27.7 Å². The molecular formula is C13H17BrOS. The Morgan fingerprint density at radius 2 is 1.88 bits per heavy atom. The molecule has 0 aliphatic heterocycles. The average molecular weight is 301 g/mol. The van der Waals surface area contributed by atoms with Gasteiger partial charge in [0.1, 0.15) is 5.75 Å². The molecule has 1 nitrogen and oxygen atoms in total. The van der Waals surface area contributed by atoms with E-state index in [4.69, 9.17) is 4.74 Å². The fourth-order valence-electron chi connectivity index (χ4n) is 1.96. The molecule has 0 aromatic heterocycles. The van der Waals surface area contributed by atoms with Crippen LogP contribution in [0.4, 0.5) is 0 Å². The largest absolute Gasteiger partial charge is 0.493 e. The fourth-order valence-corrected chi connectivity index (χ4v) is 3.40. The van der Waals surface area contributed by atoms with Crippen molar-refractivity contribution in [2.24, 2.45) is 0 Å². The normalized spacial score (nSPS) is 16.6. The maximum Gasteiger partial charge on any atom is 0.119 e. The van der Waals surface area contributed by atoms with Gasteiger partial charge in [0.15, 0.2) is 0 Å². The predicted molar refractivity (Wildman–Crippen MR) is 74.4 cm³/mol. The van der Waals surface area contributed by atoms with Gasteiger partial charge in [0.05, 0.1) is 6.61 Å². The molecule has 0 bridgehead atoms. The Labute approximate surface area is 110 Å². The summed E-state index contributed by atoms with van der Waals surface area (Å²) in [5, 5.41) is 0.897. The molecule has 1 aromatic carbocycles. The lowest BCUT2D eigenvalue weighted by atomic mass is 10.3. The van der Waals surface area contributed by atoms with Crippen molar-refractivity contribution in [3.8, 4) is 5.75 Å². The lowest BCUT2D eigenvalue weighted by Crippen LogP contribution is -2.04. The van der Waals surface area contributed by atoms with Crippen molar-refractivity contribution in [2.45, 2.75) is 30.9 Å². The zero-order valence-electron chi connectivity index (χ0n) is 9.32. The molecule has 0 atom stereocenters. The molecule has 3 heteroatoms. The highest BCUT2D eigenvalue weighted by Gasteiger charge is 2.14. The van der Waals surface area contributed by atoms with Crippen LogP contribution in [-0.2, 0) is 0 Å². The van der Waals surface area contributed by atoms with E-state index < -0.39 is 0 Å². The van der Waals surface area contributed by atoms with Crippen molar-refractivity contribution >= 4 is 27.7 Å². The third-order valence-electron chi connectivity index (χ3n) is 2.82. The maximum atomic E-state index is 5.68. The van der Waals surface area contributed by atoms with E-state index in [0.29, 0.717) is 0 Å². The van der Waals surface area contributed by atoms with Gasteiger partial charge in [-0.25, -0.2) is 0 Å². The van der Waals surface area contributed by atoms with Gasteiger partial charge in [-0.1, -0.05) is 28.8 Å². The second kappa shape index (κ2) is 6.55. The standard InChI is InChI=1S/C13H17BrOS/c14-11-5-7-12(8-6-11)15-9-10-16-13-3-1-2-4-13/h5-8,13H,1-4,9-10H2. The molecule has 1 aliphatic rings. The van der Waals surface area contributed by atoms with Crippen LogP contribution in [0.2, 0.25) is 0 Å². The highest BCUT2D eigenvalue weighted by atomic mass is 79.9. The van der Waals surface area contributed by atoms with E-state index in [1.165, 1.54) is 25.7 Å². The zero-order chi connectivity index (χ0) is 11.2. The van der Waals surface area contributed by atoms with Crippen molar-refractivity contribution in [3.63, 3.8) is 0 Å². The highest BCUT2D eigenvalue weighted by molar-refractivity contribution is 9.10. The highest BCUT2D eigenvalue weighted by Crippen LogP contribution is 2.29. The molecular weight excluding hydrogens is 284 g/mol. The van der Waals surface area contributed by atoms with Crippen LogP contribution in [0.25, 0.3) is 0 Å². The smallest absolute Gasteiger partial charge is 0.119 e. The molecule has 0 saturated heterocycles. The van der Waals surface area contributed by atoms with Crippen molar-refractivity contribution in [3.05, 3.63) is 28.7 Å². The number of rotatable bonds is 5. The molecule has 0 heterocycles. The SMILES string of the molecule is Brc1ccc(OCCSC2CCCC2)cc1. The zero-order valence-corrected chi connectivity index (χ0v) is 11.7. The second-order valence-corrected chi connectivity index (χ2v) is 6.40. The monoisotopic (exact) mass is 300 g/mol. The molecule has 1 saturated carbocycles. The molecule has 0 unspecified atom stereocenters. The van der Waals surface area contributed by atoms with Gasteiger partial charge in [-0.15, -0.1) is 0 Å². The van der Waals surface area contributed by atoms with Gasteiger partial charge >= 0.3 is 0 Å². The van der Waals surface area contributed by atoms with Gasteiger partial charge in [0.25, 0.3) is 0 Å². The van der Waals surface area contributed by atoms with Crippen molar-refractivity contribution in [2.75, 3.05) is 12.4 Å². The van der Waals surface area contributed by atoms with E-state index in [1.807, 2.05) is 24.3 Å². The first-order valence-corrected chi connectivity index (χ1v) is 7.69. The first-order valence-electron chi connectivity index (χ1n) is 5.84. The molecule has 88 valence electrons. The summed E-state index contributed by atoms with van der Waals surface area (Å²) in [6.07, 6.45) is 5.66. The molecule has 1 fully saturated rings. The van der Waals surface area contributed by atoms with Gasteiger partial charge in [-0.05, 0) is 37.1 Å². The van der Waals surface area contributed by atoms with Gasteiger partial charge in [0, 0.05) is 15.5 Å².